The topological polar surface area (TPSA) is 26.3 Å². The zero-order valence-electron chi connectivity index (χ0n) is 10.1. The Labute approximate surface area is 107 Å². The van der Waals surface area contributed by atoms with Crippen molar-refractivity contribution in [2.45, 2.75) is 25.1 Å². The molecule has 2 rings (SSSR count). The highest BCUT2D eigenvalue weighted by molar-refractivity contribution is 6.00. The molecule has 1 aliphatic rings. The van der Waals surface area contributed by atoms with Crippen LogP contribution in [0.1, 0.15) is 28.8 Å². The molecule has 0 bridgehead atoms. The summed E-state index contributed by atoms with van der Waals surface area (Å²) >= 11 is 0. The lowest BCUT2D eigenvalue weighted by atomic mass is 10.0. The third-order valence-electron chi connectivity index (χ3n) is 3.12. The van der Waals surface area contributed by atoms with Gasteiger partial charge in [-0.25, -0.2) is 4.39 Å². The van der Waals surface area contributed by atoms with Crippen molar-refractivity contribution >= 4 is 5.78 Å². The first-order valence-electron chi connectivity index (χ1n) is 5.78. The highest BCUT2D eigenvalue weighted by Gasteiger charge is 2.39. The number of methoxy groups -OCH3 is 1. The summed E-state index contributed by atoms with van der Waals surface area (Å²) in [4.78, 5) is 12.0. The summed E-state index contributed by atoms with van der Waals surface area (Å²) in [5.74, 6) is -1.86. The van der Waals surface area contributed by atoms with E-state index in [0.29, 0.717) is 12.1 Å². The maximum atomic E-state index is 13.1. The Balaban J connectivity index is 2.32. The van der Waals surface area contributed by atoms with E-state index in [4.69, 9.17) is 4.74 Å². The van der Waals surface area contributed by atoms with Crippen molar-refractivity contribution in [1.82, 2.24) is 0 Å². The molecule has 0 amide bonds. The van der Waals surface area contributed by atoms with E-state index in [1.54, 1.807) is 0 Å². The number of ether oxygens (including phenoxy) is 1. The highest BCUT2D eigenvalue weighted by atomic mass is 19.4. The summed E-state index contributed by atoms with van der Waals surface area (Å²) in [5, 5.41) is 0. The SMILES string of the molecule is COC(C(=O)c1ccc(F)c(C(F)(F)F)c1)C1CC1. The summed E-state index contributed by atoms with van der Waals surface area (Å²) in [6, 6.07) is 2.27. The molecule has 6 heteroatoms. The maximum Gasteiger partial charge on any atom is 0.419 e. The second-order valence-electron chi connectivity index (χ2n) is 4.55. The minimum atomic E-state index is -4.82. The van der Waals surface area contributed by atoms with E-state index in [-0.39, 0.29) is 11.5 Å². The van der Waals surface area contributed by atoms with Gasteiger partial charge in [-0.15, -0.1) is 0 Å². The summed E-state index contributed by atoms with van der Waals surface area (Å²) < 4.78 is 55.8. The third kappa shape index (κ3) is 2.94. The standard InChI is InChI=1S/C13H12F4O2/c1-19-12(7-2-3-7)11(18)8-4-5-10(14)9(6-8)13(15,16)17/h4-7,12H,2-3H2,1H3. The van der Waals surface area contributed by atoms with Gasteiger partial charge in [-0.3, -0.25) is 4.79 Å². The quantitative estimate of drug-likeness (QED) is 0.622. The van der Waals surface area contributed by atoms with Crippen molar-refractivity contribution < 1.29 is 27.1 Å². The van der Waals surface area contributed by atoms with Gasteiger partial charge < -0.3 is 4.74 Å². The van der Waals surface area contributed by atoms with Gasteiger partial charge in [0.15, 0.2) is 5.78 Å². The number of hydrogen-bond donors (Lipinski definition) is 0. The second kappa shape index (κ2) is 4.92. The average Bonchev–Trinajstić information content (AvgIpc) is 3.13. The predicted octanol–water partition coefficient (Wildman–Crippen LogP) is 3.45. The molecule has 1 aliphatic carbocycles. The molecule has 0 aromatic heterocycles. The molecule has 0 heterocycles. The smallest absolute Gasteiger partial charge is 0.373 e. The van der Waals surface area contributed by atoms with Gasteiger partial charge in [-0.2, -0.15) is 13.2 Å². The van der Waals surface area contributed by atoms with E-state index in [1.165, 1.54) is 7.11 Å². The largest absolute Gasteiger partial charge is 0.419 e. The van der Waals surface area contributed by atoms with Crippen LogP contribution in [-0.2, 0) is 10.9 Å². The number of ketones is 1. The van der Waals surface area contributed by atoms with Crippen molar-refractivity contribution in [2.24, 2.45) is 5.92 Å². The van der Waals surface area contributed by atoms with E-state index < -0.39 is 29.4 Å². The lowest BCUT2D eigenvalue weighted by Gasteiger charge is -2.15. The molecule has 2 nitrogen and oxygen atoms in total. The van der Waals surface area contributed by atoms with Crippen LogP contribution in [0.3, 0.4) is 0 Å². The average molecular weight is 276 g/mol. The van der Waals surface area contributed by atoms with Crippen LogP contribution in [0.25, 0.3) is 0 Å². The van der Waals surface area contributed by atoms with Gasteiger partial charge in [0.05, 0.1) is 5.56 Å². The van der Waals surface area contributed by atoms with Gasteiger partial charge in [0.25, 0.3) is 0 Å². The van der Waals surface area contributed by atoms with E-state index in [0.717, 1.165) is 18.9 Å². The molecule has 1 fully saturated rings. The number of Topliss-reactive ketones (excluding diaryl/α,β-unsaturated/α-hetero) is 1. The van der Waals surface area contributed by atoms with Crippen LogP contribution in [0.5, 0.6) is 0 Å². The van der Waals surface area contributed by atoms with Crippen LogP contribution in [0.4, 0.5) is 17.6 Å². The number of carbonyl (C=O) groups is 1. The lowest BCUT2D eigenvalue weighted by Crippen LogP contribution is -2.25. The van der Waals surface area contributed by atoms with Crippen LogP contribution < -0.4 is 0 Å². The minimum Gasteiger partial charge on any atom is -0.373 e. The molecule has 104 valence electrons. The van der Waals surface area contributed by atoms with E-state index in [1.807, 2.05) is 0 Å². The summed E-state index contributed by atoms with van der Waals surface area (Å²) in [6.07, 6.45) is -3.93. The van der Waals surface area contributed by atoms with Crippen molar-refractivity contribution in [2.75, 3.05) is 7.11 Å². The first-order valence-corrected chi connectivity index (χ1v) is 5.78. The third-order valence-corrected chi connectivity index (χ3v) is 3.12. The number of rotatable bonds is 4. The van der Waals surface area contributed by atoms with Gasteiger partial charge in [0.2, 0.25) is 0 Å². The van der Waals surface area contributed by atoms with Gasteiger partial charge in [-0.1, -0.05) is 0 Å². The van der Waals surface area contributed by atoms with Crippen LogP contribution in [0.15, 0.2) is 18.2 Å². The molecule has 1 unspecified atom stereocenters. The fourth-order valence-corrected chi connectivity index (χ4v) is 1.97. The molecule has 0 radical (unpaired) electrons. The first-order chi connectivity index (χ1) is 8.84. The second-order valence-corrected chi connectivity index (χ2v) is 4.55. The number of hydrogen-bond acceptors (Lipinski definition) is 2. The Hall–Kier alpha value is -1.43. The summed E-state index contributed by atoms with van der Waals surface area (Å²) in [6.45, 7) is 0. The van der Waals surface area contributed by atoms with Gasteiger partial charge in [0, 0.05) is 12.7 Å². The Morgan fingerprint density at radius 2 is 2.00 bits per heavy atom. The Kier molecular flexibility index (Phi) is 3.62. The zero-order chi connectivity index (χ0) is 14.2. The molecule has 1 aromatic carbocycles. The van der Waals surface area contributed by atoms with Crippen LogP contribution in [-0.4, -0.2) is 19.0 Å². The molecule has 1 aromatic rings. The lowest BCUT2D eigenvalue weighted by molar-refractivity contribution is -0.140. The fourth-order valence-electron chi connectivity index (χ4n) is 1.97. The molecular weight excluding hydrogens is 264 g/mol. The number of benzene rings is 1. The van der Waals surface area contributed by atoms with Crippen molar-refractivity contribution in [3.63, 3.8) is 0 Å². The van der Waals surface area contributed by atoms with Gasteiger partial charge in [-0.05, 0) is 37.0 Å². The minimum absolute atomic E-state index is 0.0527. The molecular formula is C13H12F4O2. The van der Waals surface area contributed by atoms with Gasteiger partial charge >= 0.3 is 6.18 Å². The fraction of sp³-hybridized carbons (Fsp3) is 0.462. The van der Waals surface area contributed by atoms with Gasteiger partial charge in [0.1, 0.15) is 11.9 Å². The first kappa shape index (κ1) is 14.0. The van der Waals surface area contributed by atoms with Crippen LogP contribution in [0.2, 0.25) is 0 Å². The predicted molar refractivity (Wildman–Crippen MR) is 59.3 cm³/mol. The molecule has 0 spiro atoms. The summed E-state index contributed by atoms with van der Waals surface area (Å²) in [5.41, 5.74) is -1.60. The van der Waals surface area contributed by atoms with E-state index >= 15 is 0 Å². The number of halogens is 4. The van der Waals surface area contributed by atoms with E-state index in [2.05, 4.69) is 0 Å². The normalized spacial score (nSPS) is 17.3. The van der Waals surface area contributed by atoms with Crippen LogP contribution in [0, 0.1) is 11.7 Å². The monoisotopic (exact) mass is 276 g/mol. The van der Waals surface area contributed by atoms with E-state index in [9.17, 15) is 22.4 Å². The van der Waals surface area contributed by atoms with Crippen molar-refractivity contribution in [3.05, 3.63) is 35.1 Å². The Bertz CT molecular complexity index is 492. The Morgan fingerprint density at radius 1 is 1.37 bits per heavy atom. The maximum absolute atomic E-state index is 13.1. The molecule has 19 heavy (non-hydrogen) atoms. The number of alkyl halides is 3. The molecule has 1 saturated carbocycles. The van der Waals surface area contributed by atoms with Crippen LogP contribution >= 0.6 is 0 Å². The van der Waals surface area contributed by atoms with Crippen molar-refractivity contribution in [1.29, 1.82) is 0 Å². The summed E-state index contributed by atoms with van der Waals surface area (Å²) in [7, 11) is 1.34. The molecule has 0 saturated heterocycles. The Morgan fingerprint density at radius 3 is 2.47 bits per heavy atom. The zero-order valence-corrected chi connectivity index (χ0v) is 10.1. The number of carbonyl (C=O) groups excluding carboxylic acids is 1. The van der Waals surface area contributed by atoms with Crippen molar-refractivity contribution in [3.8, 4) is 0 Å². The highest BCUT2D eigenvalue weighted by Crippen LogP contribution is 2.37. The molecule has 1 atom stereocenters. The molecule has 0 N–H and O–H groups in total. The molecule has 0 aliphatic heterocycles.